The van der Waals surface area contributed by atoms with E-state index < -0.39 is 16.3 Å². The zero-order valence-corrected chi connectivity index (χ0v) is 8.43. The second-order valence-corrected chi connectivity index (χ2v) is 3.40. The second kappa shape index (κ2) is 5.65. The molecule has 0 fully saturated rings. The summed E-state index contributed by atoms with van der Waals surface area (Å²) >= 11 is -1.57. The average molecular weight is 206 g/mol. The molecule has 7 heteroatoms. The van der Waals surface area contributed by atoms with Crippen molar-refractivity contribution in [1.29, 1.82) is 0 Å². The number of hydrogen-bond acceptors (Lipinski definition) is 3. The number of amidine groups is 2. The first-order valence-electron chi connectivity index (χ1n) is 3.33. The Hall–Kier alpha value is -0.950. The summed E-state index contributed by atoms with van der Waals surface area (Å²) in [6.07, 6.45) is 1.27. The molecular formula is C6H11FN4OS. The first kappa shape index (κ1) is 12.0. The lowest BCUT2D eigenvalue weighted by molar-refractivity contribution is 0.536. The molecule has 0 aliphatic heterocycles. The third-order valence-corrected chi connectivity index (χ3v) is 1.88. The average Bonchev–Trinajstić information content (AvgIpc) is 2.11. The molecule has 0 aromatic carbocycles. The highest BCUT2D eigenvalue weighted by Gasteiger charge is 2.11. The summed E-state index contributed by atoms with van der Waals surface area (Å²) in [6.45, 7) is 1.53. The predicted molar refractivity (Wildman–Crippen MR) is 53.3 cm³/mol. The first-order chi connectivity index (χ1) is 6.02. The number of rotatable bonds is 1. The van der Waals surface area contributed by atoms with Gasteiger partial charge in [-0.05, 0) is 12.1 Å². The molecule has 2 N–H and O–H groups in total. The van der Waals surface area contributed by atoms with E-state index in [4.69, 9.17) is 5.73 Å². The Bertz CT molecular complexity index is 261. The molecule has 74 valence electrons. The van der Waals surface area contributed by atoms with Crippen molar-refractivity contribution in [2.75, 3.05) is 13.3 Å². The van der Waals surface area contributed by atoms with Crippen molar-refractivity contribution < 1.29 is 9.03 Å². The van der Waals surface area contributed by atoms with Gasteiger partial charge in [0.15, 0.2) is 0 Å². The Kier molecular flexibility index (Phi) is 5.24. The van der Waals surface area contributed by atoms with E-state index >= 15 is 0 Å². The summed E-state index contributed by atoms with van der Waals surface area (Å²) in [6, 6.07) is 0. The highest BCUT2D eigenvalue weighted by Crippen LogP contribution is 1.95. The van der Waals surface area contributed by atoms with E-state index in [0.29, 0.717) is 0 Å². The van der Waals surface area contributed by atoms with Crippen LogP contribution in [0.3, 0.4) is 0 Å². The van der Waals surface area contributed by atoms with Crippen LogP contribution in [0.2, 0.25) is 0 Å². The van der Waals surface area contributed by atoms with Crippen molar-refractivity contribution in [1.82, 2.24) is 0 Å². The zero-order chi connectivity index (χ0) is 10.4. The van der Waals surface area contributed by atoms with Crippen LogP contribution in [0, 0.1) is 0 Å². The highest BCUT2D eigenvalue weighted by molar-refractivity contribution is 8.05. The van der Waals surface area contributed by atoms with Gasteiger partial charge in [-0.3, -0.25) is 4.99 Å². The van der Waals surface area contributed by atoms with Gasteiger partial charge in [-0.15, -0.1) is 0 Å². The predicted octanol–water partition coefficient (Wildman–Crippen LogP) is 0.0533. The van der Waals surface area contributed by atoms with Gasteiger partial charge in [-0.1, -0.05) is 4.48 Å². The van der Waals surface area contributed by atoms with Crippen LogP contribution >= 0.6 is 0 Å². The van der Waals surface area contributed by atoms with Crippen molar-refractivity contribution in [3.63, 3.8) is 0 Å². The van der Waals surface area contributed by atoms with Gasteiger partial charge in [0.25, 0.3) is 0 Å². The van der Waals surface area contributed by atoms with Gasteiger partial charge in [0.2, 0.25) is 0 Å². The van der Waals surface area contributed by atoms with Crippen LogP contribution in [0.4, 0.5) is 4.48 Å². The number of nitrogens with zero attached hydrogens (tertiary/aromatic N) is 3. The molecule has 0 aromatic rings. The summed E-state index contributed by atoms with van der Waals surface area (Å²) in [5.74, 6) is 0.159. The fraction of sp³-hybridized carbons (Fsp3) is 0.500. The van der Waals surface area contributed by atoms with Crippen LogP contribution in [0.25, 0.3) is 0 Å². The minimum Gasteiger partial charge on any atom is -0.609 e. The molecule has 0 amide bonds. The van der Waals surface area contributed by atoms with Crippen LogP contribution in [0.15, 0.2) is 15.2 Å². The first-order valence-corrected chi connectivity index (χ1v) is 4.89. The Morgan fingerprint density at radius 1 is 1.54 bits per heavy atom. The Labute approximate surface area is 78.8 Å². The summed E-state index contributed by atoms with van der Waals surface area (Å²) in [5.41, 5.74) is 5.65. The molecule has 0 aromatic heterocycles. The molecule has 0 radical (unpaired) electrons. The topological polar surface area (TPSA) is 86.2 Å². The minimum atomic E-state index is -1.57. The van der Waals surface area contributed by atoms with Crippen LogP contribution < -0.4 is 5.73 Å². The SMILES string of the molecule is C\N=C(N)/C(C)=N/C(=N\F)[S+](C)[O-]. The van der Waals surface area contributed by atoms with E-state index in [0.717, 1.165) is 0 Å². The van der Waals surface area contributed by atoms with Crippen molar-refractivity contribution in [3.8, 4) is 0 Å². The standard InChI is InChI=1S/C6H11FN4OS/c1-4(5(8)9-2)10-6(11-7)13(3)12/h1-3H3,(H2,8,9)/b10-4+,11-6+. The van der Waals surface area contributed by atoms with E-state index in [-0.39, 0.29) is 11.5 Å². The molecule has 0 bridgehead atoms. The monoisotopic (exact) mass is 206 g/mol. The Morgan fingerprint density at radius 3 is 2.38 bits per heavy atom. The molecule has 0 saturated carbocycles. The largest absolute Gasteiger partial charge is 0.609 e. The van der Waals surface area contributed by atoms with Crippen molar-refractivity contribution in [2.24, 2.45) is 20.9 Å². The van der Waals surface area contributed by atoms with Gasteiger partial charge in [-0.2, -0.15) is 4.99 Å². The summed E-state index contributed by atoms with van der Waals surface area (Å²) in [4.78, 5) is 7.22. The molecule has 13 heavy (non-hydrogen) atoms. The highest BCUT2D eigenvalue weighted by atomic mass is 32.2. The molecule has 0 spiro atoms. The molecule has 0 saturated heterocycles. The van der Waals surface area contributed by atoms with Crippen LogP contribution in [-0.4, -0.2) is 34.6 Å². The second-order valence-electron chi connectivity index (χ2n) is 2.13. The normalized spacial score (nSPS) is 17.5. The van der Waals surface area contributed by atoms with Gasteiger partial charge in [0.1, 0.15) is 12.1 Å². The molecule has 1 atom stereocenters. The fourth-order valence-corrected chi connectivity index (χ4v) is 0.857. The van der Waals surface area contributed by atoms with Gasteiger partial charge < -0.3 is 10.3 Å². The molecular weight excluding hydrogens is 195 g/mol. The Morgan fingerprint density at radius 2 is 2.08 bits per heavy atom. The van der Waals surface area contributed by atoms with E-state index in [9.17, 15) is 9.03 Å². The fourth-order valence-electron chi connectivity index (χ4n) is 0.494. The van der Waals surface area contributed by atoms with Gasteiger partial charge in [0.05, 0.1) is 5.71 Å². The zero-order valence-electron chi connectivity index (χ0n) is 7.61. The lowest BCUT2D eigenvalue weighted by atomic mass is 10.4. The quantitative estimate of drug-likeness (QED) is 0.373. The van der Waals surface area contributed by atoms with E-state index in [1.807, 2.05) is 0 Å². The molecule has 0 aliphatic carbocycles. The number of halogens is 1. The van der Waals surface area contributed by atoms with Crippen LogP contribution in [-0.2, 0) is 11.2 Å². The van der Waals surface area contributed by atoms with Crippen LogP contribution in [0.5, 0.6) is 0 Å². The summed E-state index contributed by atoms with van der Waals surface area (Å²) < 4.78 is 22.6. The van der Waals surface area contributed by atoms with E-state index in [1.165, 1.54) is 20.2 Å². The maximum absolute atomic E-state index is 11.8. The molecule has 0 aliphatic rings. The van der Waals surface area contributed by atoms with Crippen molar-refractivity contribution in [3.05, 3.63) is 0 Å². The van der Waals surface area contributed by atoms with Crippen LogP contribution in [0.1, 0.15) is 6.92 Å². The van der Waals surface area contributed by atoms with Gasteiger partial charge in [-0.25, -0.2) is 0 Å². The third-order valence-electron chi connectivity index (χ3n) is 1.20. The molecule has 0 rings (SSSR count). The molecule has 5 nitrogen and oxygen atoms in total. The molecule has 1 unspecified atom stereocenters. The maximum atomic E-state index is 11.8. The summed E-state index contributed by atoms with van der Waals surface area (Å²) in [5, 5.41) is 1.86. The third kappa shape index (κ3) is 4.00. The number of nitrogens with two attached hydrogens (primary N) is 1. The minimum absolute atomic E-state index is 0.159. The smallest absolute Gasteiger partial charge is 0.370 e. The van der Waals surface area contributed by atoms with Crippen molar-refractivity contribution >= 4 is 27.9 Å². The van der Waals surface area contributed by atoms with E-state index in [2.05, 4.69) is 15.2 Å². The van der Waals surface area contributed by atoms with Gasteiger partial charge in [0, 0.05) is 18.2 Å². The van der Waals surface area contributed by atoms with Gasteiger partial charge >= 0.3 is 5.17 Å². The number of aliphatic imine (C=N–C) groups is 2. The maximum Gasteiger partial charge on any atom is 0.370 e. The lowest BCUT2D eigenvalue weighted by Gasteiger charge is -2.01. The molecule has 0 heterocycles. The van der Waals surface area contributed by atoms with E-state index in [1.54, 1.807) is 0 Å². The lowest BCUT2D eigenvalue weighted by Crippen LogP contribution is -2.23. The summed E-state index contributed by atoms with van der Waals surface area (Å²) in [7, 11) is 1.48. The Balaban J connectivity index is 4.73. The van der Waals surface area contributed by atoms with Crippen molar-refractivity contribution in [2.45, 2.75) is 6.92 Å². The number of hydrogen-bond donors (Lipinski definition) is 1.